The molecule has 0 aromatic heterocycles. The zero-order valence-corrected chi connectivity index (χ0v) is 8.15. The minimum atomic E-state index is -2.99. The molecule has 1 fully saturated rings. The highest BCUT2D eigenvalue weighted by molar-refractivity contribution is 7.88. The molecule has 72 valence electrons. The smallest absolute Gasteiger partial charge is 0.208 e. The summed E-state index contributed by atoms with van der Waals surface area (Å²) in [5, 5.41) is 3.31. The Hall–Kier alpha value is -0.130. The molecular formula is C7H16N2O2S. The van der Waals surface area contributed by atoms with Crippen LogP contribution in [0.3, 0.4) is 0 Å². The van der Waals surface area contributed by atoms with E-state index >= 15 is 0 Å². The first-order valence-corrected chi connectivity index (χ1v) is 6.15. The highest BCUT2D eigenvalue weighted by Gasteiger charge is 2.13. The van der Waals surface area contributed by atoms with Gasteiger partial charge in [-0.15, -0.1) is 0 Å². The van der Waals surface area contributed by atoms with Gasteiger partial charge in [0.15, 0.2) is 0 Å². The lowest BCUT2D eigenvalue weighted by Crippen LogP contribution is -2.29. The van der Waals surface area contributed by atoms with Crippen LogP contribution in [0.1, 0.15) is 19.3 Å². The van der Waals surface area contributed by atoms with Crippen LogP contribution < -0.4 is 10.0 Å². The van der Waals surface area contributed by atoms with Crippen LogP contribution in [0.25, 0.3) is 0 Å². The summed E-state index contributed by atoms with van der Waals surface area (Å²) < 4.78 is 23.8. The van der Waals surface area contributed by atoms with Gasteiger partial charge in [0.05, 0.1) is 6.26 Å². The third-order valence-corrected chi connectivity index (χ3v) is 2.75. The second-order valence-electron chi connectivity index (χ2n) is 3.25. The van der Waals surface area contributed by atoms with Crippen LogP contribution in [0.15, 0.2) is 0 Å². The SMILES string of the molecule is CS(=O)(=O)NCC[C@@H]1CCCN1. The molecule has 0 spiro atoms. The Morgan fingerprint density at radius 1 is 1.58 bits per heavy atom. The van der Waals surface area contributed by atoms with E-state index in [4.69, 9.17) is 0 Å². The van der Waals surface area contributed by atoms with Crippen molar-refractivity contribution in [2.24, 2.45) is 0 Å². The lowest BCUT2D eigenvalue weighted by atomic mass is 10.2. The fourth-order valence-corrected chi connectivity index (χ4v) is 1.91. The molecule has 0 aromatic rings. The largest absolute Gasteiger partial charge is 0.314 e. The molecule has 1 saturated heterocycles. The first-order valence-electron chi connectivity index (χ1n) is 4.26. The van der Waals surface area contributed by atoms with E-state index in [0.717, 1.165) is 13.0 Å². The van der Waals surface area contributed by atoms with E-state index in [0.29, 0.717) is 12.6 Å². The van der Waals surface area contributed by atoms with Gasteiger partial charge in [0.25, 0.3) is 0 Å². The average molecular weight is 192 g/mol. The Morgan fingerprint density at radius 3 is 2.83 bits per heavy atom. The molecule has 0 aliphatic carbocycles. The van der Waals surface area contributed by atoms with Crippen molar-refractivity contribution >= 4 is 10.0 Å². The Labute approximate surface area is 73.8 Å². The van der Waals surface area contributed by atoms with Crippen molar-refractivity contribution in [3.63, 3.8) is 0 Å². The predicted octanol–water partition coefficient (Wildman–Crippen LogP) is -0.322. The third kappa shape index (κ3) is 4.04. The molecule has 1 aliphatic heterocycles. The van der Waals surface area contributed by atoms with Crippen LogP contribution in [0.4, 0.5) is 0 Å². The van der Waals surface area contributed by atoms with Gasteiger partial charge in [-0.25, -0.2) is 13.1 Å². The molecule has 4 nitrogen and oxygen atoms in total. The van der Waals surface area contributed by atoms with Crippen molar-refractivity contribution in [1.29, 1.82) is 0 Å². The van der Waals surface area contributed by atoms with Gasteiger partial charge in [-0.3, -0.25) is 0 Å². The zero-order valence-electron chi connectivity index (χ0n) is 7.34. The van der Waals surface area contributed by atoms with E-state index in [9.17, 15) is 8.42 Å². The third-order valence-electron chi connectivity index (χ3n) is 2.02. The van der Waals surface area contributed by atoms with Crippen molar-refractivity contribution in [2.75, 3.05) is 19.3 Å². The quantitative estimate of drug-likeness (QED) is 0.641. The second kappa shape index (κ2) is 4.20. The molecule has 2 N–H and O–H groups in total. The lowest BCUT2D eigenvalue weighted by Gasteiger charge is -2.09. The van der Waals surface area contributed by atoms with E-state index in [1.54, 1.807) is 0 Å². The second-order valence-corrected chi connectivity index (χ2v) is 5.08. The van der Waals surface area contributed by atoms with Crippen molar-refractivity contribution in [3.05, 3.63) is 0 Å². The molecule has 0 bridgehead atoms. The van der Waals surface area contributed by atoms with Gasteiger partial charge in [-0.1, -0.05) is 0 Å². The first-order chi connectivity index (χ1) is 5.58. The Balaban J connectivity index is 2.09. The molecular weight excluding hydrogens is 176 g/mol. The van der Waals surface area contributed by atoms with Gasteiger partial charge in [0, 0.05) is 12.6 Å². The van der Waals surface area contributed by atoms with Crippen molar-refractivity contribution < 1.29 is 8.42 Å². The Kier molecular flexibility index (Phi) is 3.49. The maximum atomic E-state index is 10.7. The van der Waals surface area contributed by atoms with E-state index in [-0.39, 0.29) is 0 Å². The van der Waals surface area contributed by atoms with Crippen molar-refractivity contribution in [2.45, 2.75) is 25.3 Å². The van der Waals surface area contributed by atoms with E-state index in [2.05, 4.69) is 10.0 Å². The van der Waals surface area contributed by atoms with Gasteiger partial charge in [-0.2, -0.15) is 0 Å². The number of hydrogen-bond acceptors (Lipinski definition) is 3. The summed E-state index contributed by atoms with van der Waals surface area (Å²) in [4.78, 5) is 0. The molecule has 1 atom stereocenters. The standard InChI is InChI=1S/C7H16N2O2S/c1-12(10,11)9-6-4-7-3-2-5-8-7/h7-9H,2-6H2,1H3/t7-/m0/s1. The zero-order chi connectivity index (χ0) is 9.03. The molecule has 1 aliphatic rings. The van der Waals surface area contributed by atoms with Crippen LogP contribution in [0, 0.1) is 0 Å². The summed E-state index contributed by atoms with van der Waals surface area (Å²) in [5.74, 6) is 0. The van der Waals surface area contributed by atoms with Gasteiger partial charge >= 0.3 is 0 Å². The van der Waals surface area contributed by atoms with Gasteiger partial charge in [0.1, 0.15) is 0 Å². The number of nitrogens with one attached hydrogen (secondary N) is 2. The average Bonchev–Trinajstić information content (AvgIpc) is 2.36. The van der Waals surface area contributed by atoms with E-state index in [1.807, 2.05) is 0 Å². The summed E-state index contributed by atoms with van der Waals surface area (Å²) in [6.45, 7) is 1.63. The molecule has 0 saturated carbocycles. The molecule has 1 heterocycles. The monoisotopic (exact) mass is 192 g/mol. The highest BCUT2D eigenvalue weighted by atomic mass is 32.2. The highest BCUT2D eigenvalue weighted by Crippen LogP contribution is 2.07. The van der Waals surface area contributed by atoms with Gasteiger partial charge in [0.2, 0.25) is 10.0 Å². The predicted molar refractivity (Wildman–Crippen MR) is 48.5 cm³/mol. The van der Waals surface area contributed by atoms with Crippen molar-refractivity contribution in [3.8, 4) is 0 Å². The summed E-state index contributed by atoms with van der Waals surface area (Å²) >= 11 is 0. The van der Waals surface area contributed by atoms with E-state index in [1.165, 1.54) is 19.1 Å². The topological polar surface area (TPSA) is 58.2 Å². The molecule has 5 heteroatoms. The fourth-order valence-electron chi connectivity index (χ4n) is 1.42. The Morgan fingerprint density at radius 2 is 2.33 bits per heavy atom. The summed E-state index contributed by atoms with van der Waals surface area (Å²) in [6, 6.07) is 0.513. The van der Waals surface area contributed by atoms with Crippen LogP contribution in [-0.4, -0.2) is 33.8 Å². The molecule has 0 aromatic carbocycles. The van der Waals surface area contributed by atoms with Crippen LogP contribution in [0.5, 0.6) is 0 Å². The number of hydrogen-bond donors (Lipinski definition) is 2. The molecule has 1 rings (SSSR count). The number of sulfonamides is 1. The minimum Gasteiger partial charge on any atom is -0.314 e. The molecule has 0 unspecified atom stereocenters. The van der Waals surface area contributed by atoms with Crippen LogP contribution in [0.2, 0.25) is 0 Å². The minimum absolute atomic E-state index is 0.513. The van der Waals surface area contributed by atoms with E-state index < -0.39 is 10.0 Å². The maximum Gasteiger partial charge on any atom is 0.208 e. The fraction of sp³-hybridized carbons (Fsp3) is 1.00. The number of rotatable bonds is 4. The first kappa shape index (κ1) is 9.95. The summed E-state index contributed by atoms with van der Waals surface area (Å²) in [5.41, 5.74) is 0. The van der Waals surface area contributed by atoms with Gasteiger partial charge in [-0.05, 0) is 25.8 Å². The molecule has 0 amide bonds. The van der Waals surface area contributed by atoms with Crippen LogP contribution in [-0.2, 0) is 10.0 Å². The van der Waals surface area contributed by atoms with Gasteiger partial charge < -0.3 is 5.32 Å². The van der Waals surface area contributed by atoms with Crippen molar-refractivity contribution in [1.82, 2.24) is 10.0 Å². The lowest BCUT2D eigenvalue weighted by molar-refractivity contribution is 0.542. The maximum absolute atomic E-state index is 10.7. The molecule has 0 radical (unpaired) electrons. The molecule has 12 heavy (non-hydrogen) atoms. The summed E-state index contributed by atoms with van der Waals surface area (Å²) in [6.07, 6.45) is 4.47. The normalized spacial score (nSPS) is 24.6. The Bertz CT molecular complexity index is 220. The summed E-state index contributed by atoms with van der Waals surface area (Å²) in [7, 11) is -2.99. The van der Waals surface area contributed by atoms with Crippen LogP contribution >= 0.6 is 0 Å².